The Kier molecular flexibility index (Phi) is 6.36. The molecule has 0 saturated heterocycles. The number of thioether (sulfide) groups is 1. The normalized spacial score (nSPS) is 10.6. The van der Waals surface area contributed by atoms with Crippen LogP contribution in [0.15, 0.2) is 53.7 Å². The lowest BCUT2D eigenvalue weighted by Crippen LogP contribution is -2.14. The highest BCUT2D eigenvalue weighted by molar-refractivity contribution is 7.99. The lowest BCUT2D eigenvalue weighted by atomic mass is 10.2. The number of aromatic nitrogens is 3. The second kappa shape index (κ2) is 8.92. The molecule has 0 atom stereocenters. The van der Waals surface area contributed by atoms with E-state index in [9.17, 15) is 4.79 Å². The number of aryl methyl sites for hydroxylation is 1. The van der Waals surface area contributed by atoms with E-state index in [-0.39, 0.29) is 11.7 Å². The highest BCUT2D eigenvalue weighted by atomic mass is 35.5. The van der Waals surface area contributed by atoms with Crippen molar-refractivity contribution in [1.29, 1.82) is 0 Å². The number of halogens is 1. The summed E-state index contributed by atoms with van der Waals surface area (Å²) in [6.07, 6.45) is 0. The van der Waals surface area contributed by atoms with Gasteiger partial charge < -0.3 is 14.6 Å². The molecule has 1 aromatic heterocycles. The van der Waals surface area contributed by atoms with E-state index < -0.39 is 0 Å². The molecule has 1 heterocycles. The van der Waals surface area contributed by atoms with Gasteiger partial charge in [-0.15, -0.1) is 10.2 Å². The topological polar surface area (TPSA) is 69.0 Å². The number of anilines is 1. The van der Waals surface area contributed by atoms with Crippen LogP contribution in [0, 0.1) is 6.92 Å². The fourth-order valence-electron chi connectivity index (χ4n) is 2.34. The van der Waals surface area contributed by atoms with E-state index in [2.05, 4.69) is 15.5 Å². The van der Waals surface area contributed by atoms with Gasteiger partial charge in [-0.2, -0.15) is 0 Å². The highest BCUT2D eigenvalue weighted by Gasteiger charge is 2.12. The van der Waals surface area contributed by atoms with Crippen LogP contribution in [-0.2, 0) is 18.4 Å². The number of rotatable bonds is 7. The number of nitrogens with zero attached hydrogens (tertiary/aromatic N) is 3. The van der Waals surface area contributed by atoms with Crippen molar-refractivity contribution in [1.82, 2.24) is 14.8 Å². The van der Waals surface area contributed by atoms with E-state index in [1.807, 2.05) is 42.8 Å². The predicted molar refractivity (Wildman–Crippen MR) is 107 cm³/mol. The molecule has 27 heavy (non-hydrogen) atoms. The van der Waals surface area contributed by atoms with Crippen LogP contribution in [-0.4, -0.2) is 26.4 Å². The third kappa shape index (κ3) is 5.48. The van der Waals surface area contributed by atoms with Crippen LogP contribution in [0.5, 0.6) is 5.75 Å². The van der Waals surface area contributed by atoms with Crippen molar-refractivity contribution in [3.63, 3.8) is 0 Å². The molecule has 6 nitrogen and oxygen atoms in total. The van der Waals surface area contributed by atoms with Crippen molar-refractivity contribution in [2.24, 2.45) is 7.05 Å². The molecule has 140 valence electrons. The van der Waals surface area contributed by atoms with Gasteiger partial charge >= 0.3 is 0 Å². The number of amides is 1. The maximum Gasteiger partial charge on any atom is 0.234 e. The van der Waals surface area contributed by atoms with Crippen molar-refractivity contribution >= 4 is 35.0 Å². The number of hydrogen-bond acceptors (Lipinski definition) is 5. The summed E-state index contributed by atoms with van der Waals surface area (Å²) in [5.74, 6) is 1.56. The van der Waals surface area contributed by atoms with Gasteiger partial charge in [-0.3, -0.25) is 4.79 Å². The molecule has 0 aliphatic carbocycles. The molecule has 1 amide bonds. The van der Waals surface area contributed by atoms with Crippen LogP contribution in [0.2, 0.25) is 5.02 Å². The molecule has 3 aromatic rings. The van der Waals surface area contributed by atoms with Crippen LogP contribution in [0.25, 0.3) is 0 Å². The van der Waals surface area contributed by atoms with Crippen molar-refractivity contribution in [2.75, 3.05) is 11.1 Å². The molecule has 3 rings (SSSR count). The van der Waals surface area contributed by atoms with Crippen molar-refractivity contribution < 1.29 is 9.53 Å². The first-order valence-corrected chi connectivity index (χ1v) is 9.63. The molecule has 0 unspecified atom stereocenters. The largest absolute Gasteiger partial charge is 0.486 e. The summed E-state index contributed by atoms with van der Waals surface area (Å²) in [6.45, 7) is 2.32. The van der Waals surface area contributed by atoms with Gasteiger partial charge in [0.25, 0.3) is 0 Å². The number of benzene rings is 2. The van der Waals surface area contributed by atoms with Crippen molar-refractivity contribution in [3.05, 3.63) is 64.9 Å². The summed E-state index contributed by atoms with van der Waals surface area (Å²) in [6, 6.07) is 14.9. The fourth-order valence-corrected chi connectivity index (χ4v) is 3.26. The van der Waals surface area contributed by atoms with Gasteiger partial charge in [-0.05, 0) is 42.8 Å². The Morgan fingerprint density at radius 2 is 2.04 bits per heavy atom. The van der Waals surface area contributed by atoms with Gasteiger partial charge in [0.15, 0.2) is 11.0 Å². The van der Waals surface area contributed by atoms with Crippen LogP contribution in [0.4, 0.5) is 5.69 Å². The van der Waals surface area contributed by atoms with E-state index in [0.29, 0.717) is 28.3 Å². The minimum atomic E-state index is -0.136. The van der Waals surface area contributed by atoms with Gasteiger partial charge in [0, 0.05) is 17.8 Å². The molecule has 0 bridgehead atoms. The van der Waals surface area contributed by atoms with Gasteiger partial charge in [-0.1, -0.05) is 41.6 Å². The highest BCUT2D eigenvalue weighted by Crippen LogP contribution is 2.19. The number of hydrogen-bond donors (Lipinski definition) is 1. The molecule has 0 radical (unpaired) electrons. The SMILES string of the molecule is Cc1cccc(OCc2nnc(SCC(=O)Nc3cccc(Cl)c3)n2C)c1. The molecular weight excluding hydrogens is 384 g/mol. The number of carbonyl (C=O) groups is 1. The lowest BCUT2D eigenvalue weighted by Gasteiger charge is -2.07. The minimum absolute atomic E-state index is 0.136. The van der Waals surface area contributed by atoms with Crippen molar-refractivity contribution in [3.8, 4) is 5.75 Å². The minimum Gasteiger partial charge on any atom is -0.486 e. The Morgan fingerprint density at radius 3 is 2.81 bits per heavy atom. The molecule has 1 N–H and O–H groups in total. The van der Waals surface area contributed by atoms with Crippen molar-refractivity contribution in [2.45, 2.75) is 18.7 Å². The van der Waals surface area contributed by atoms with Gasteiger partial charge in [0.05, 0.1) is 5.75 Å². The van der Waals surface area contributed by atoms with E-state index in [4.69, 9.17) is 16.3 Å². The van der Waals surface area contributed by atoms with Crippen LogP contribution in [0.1, 0.15) is 11.4 Å². The number of ether oxygens (including phenoxy) is 1. The Balaban J connectivity index is 1.53. The second-order valence-corrected chi connectivity index (χ2v) is 7.29. The van der Waals surface area contributed by atoms with E-state index >= 15 is 0 Å². The van der Waals surface area contributed by atoms with Crippen LogP contribution in [0.3, 0.4) is 0 Å². The average Bonchev–Trinajstić information content (AvgIpc) is 2.98. The average molecular weight is 403 g/mol. The van der Waals surface area contributed by atoms with E-state index in [0.717, 1.165) is 11.3 Å². The molecular formula is C19H19ClN4O2S. The van der Waals surface area contributed by atoms with Gasteiger partial charge in [-0.25, -0.2) is 0 Å². The predicted octanol–water partition coefficient (Wildman–Crippen LogP) is 4.09. The lowest BCUT2D eigenvalue weighted by molar-refractivity contribution is -0.113. The molecule has 0 aliphatic heterocycles. The first-order chi connectivity index (χ1) is 13.0. The molecule has 0 fully saturated rings. The van der Waals surface area contributed by atoms with Crippen LogP contribution < -0.4 is 10.1 Å². The summed E-state index contributed by atoms with van der Waals surface area (Å²) in [4.78, 5) is 12.1. The number of carbonyl (C=O) groups excluding carboxylic acids is 1. The fraction of sp³-hybridized carbons (Fsp3) is 0.211. The molecule has 8 heteroatoms. The van der Waals surface area contributed by atoms with E-state index in [1.165, 1.54) is 11.8 Å². The summed E-state index contributed by atoms with van der Waals surface area (Å²) < 4.78 is 7.58. The number of nitrogens with one attached hydrogen (secondary N) is 1. The van der Waals surface area contributed by atoms with Crippen LogP contribution >= 0.6 is 23.4 Å². The zero-order valence-corrected chi connectivity index (χ0v) is 16.5. The summed E-state index contributed by atoms with van der Waals surface area (Å²) in [7, 11) is 1.85. The zero-order valence-electron chi connectivity index (χ0n) is 15.0. The Morgan fingerprint density at radius 1 is 1.22 bits per heavy atom. The summed E-state index contributed by atoms with van der Waals surface area (Å²) >= 11 is 7.23. The van der Waals surface area contributed by atoms with Gasteiger partial charge in [0.1, 0.15) is 12.4 Å². The zero-order chi connectivity index (χ0) is 19.2. The quantitative estimate of drug-likeness (QED) is 0.603. The molecule has 2 aromatic carbocycles. The monoisotopic (exact) mass is 402 g/mol. The third-order valence-corrected chi connectivity index (χ3v) is 4.98. The smallest absolute Gasteiger partial charge is 0.234 e. The molecule has 0 saturated carbocycles. The Bertz CT molecular complexity index is 945. The first-order valence-electron chi connectivity index (χ1n) is 8.27. The third-order valence-electron chi connectivity index (χ3n) is 3.72. The molecule has 0 spiro atoms. The Labute approximate surface area is 166 Å². The second-order valence-electron chi connectivity index (χ2n) is 5.91. The summed E-state index contributed by atoms with van der Waals surface area (Å²) in [5, 5.41) is 12.3. The maximum atomic E-state index is 12.1. The Hall–Kier alpha value is -2.51. The van der Waals surface area contributed by atoms with Gasteiger partial charge in [0.2, 0.25) is 5.91 Å². The molecule has 0 aliphatic rings. The maximum absolute atomic E-state index is 12.1. The first kappa shape index (κ1) is 19.3. The van der Waals surface area contributed by atoms with E-state index in [1.54, 1.807) is 24.3 Å². The summed E-state index contributed by atoms with van der Waals surface area (Å²) in [5.41, 5.74) is 1.80. The standard InChI is InChI=1S/C19H19ClN4O2S/c1-13-5-3-8-16(9-13)26-11-17-22-23-19(24(17)2)27-12-18(25)21-15-7-4-6-14(20)10-15/h3-10H,11-12H2,1-2H3,(H,21,25).